The second-order valence-electron chi connectivity index (χ2n) is 7.29. The summed E-state index contributed by atoms with van der Waals surface area (Å²) in [6.45, 7) is 9.07. The smallest absolute Gasteiger partial charge is 0.410 e. The summed E-state index contributed by atoms with van der Waals surface area (Å²) in [4.78, 5) is 27.3. The van der Waals surface area contributed by atoms with Crippen molar-refractivity contribution in [2.24, 2.45) is 0 Å². The van der Waals surface area contributed by atoms with E-state index in [0.29, 0.717) is 36.7 Å². The minimum absolute atomic E-state index is 0.141. The fourth-order valence-corrected chi connectivity index (χ4v) is 5.03. The number of carbonyl (C=O) groups excluding carboxylic acids is 2. The molecule has 6 nitrogen and oxygen atoms in total. The Morgan fingerprint density at radius 2 is 1.97 bits per heavy atom. The van der Waals surface area contributed by atoms with Gasteiger partial charge in [0.15, 0.2) is 0 Å². The zero-order chi connectivity index (χ0) is 21.1. The number of aryl methyl sites for hydroxylation is 3. The molecule has 1 aromatic carbocycles. The predicted octanol–water partition coefficient (Wildman–Crippen LogP) is 4.24. The van der Waals surface area contributed by atoms with E-state index in [-0.39, 0.29) is 18.4 Å². The zero-order valence-corrected chi connectivity index (χ0v) is 18.0. The highest BCUT2D eigenvalue weighted by atomic mass is 32.1. The number of ether oxygens (including phenoxy) is 1. The predicted molar refractivity (Wildman–Crippen MR) is 113 cm³/mol. The molecule has 0 saturated carbocycles. The highest BCUT2D eigenvalue weighted by Crippen LogP contribution is 2.37. The number of nitrogens with one attached hydrogen (secondary N) is 1. The summed E-state index contributed by atoms with van der Waals surface area (Å²) in [5.74, 6) is -0.141. The van der Waals surface area contributed by atoms with Crippen LogP contribution in [0.3, 0.4) is 0 Å². The minimum atomic E-state index is -0.346. The number of nitriles is 1. The van der Waals surface area contributed by atoms with Crippen LogP contribution in [0, 0.1) is 32.1 Å². The summed E-state index contributed by atoms with van der Waals surface area (Å²) in [6.07, 6.45) is 0.501. The van der Waals surface area contributed by atoms with Crippen molar-refractivity contribution < 1.29 is 14.3 Å². The van der Waals surface area contributed by atoms with E-state index in [1.165, 1.54) is 16.9 Å². The number of hydrogen-bond donors (Lipinski definition) is 1. The van der Waals surface area contributed by atoms with Gasteiger partial charge in [-0.05, 0) is 56.4 Å². The van der Waals surface area contributed by atoms with Gasteiger partial charge in [-0.15, -0.1) is 11.3 Å². The van der Waals surface area contributed by atoms with Crippen LogP contribution in [0.25, 0.3) is 0 Å². The van der Waals surface area contributed by atoms with Crippen LogP contribution in [0.15, 0.2) is 12.1 Å². The van der Waals surface area contributed by atoms with Gasteiger partial charge in [0.1, 0.15) is 11.1 Å². The molecule has 29 heavy (non-hydrogen) atoms. The first-order chi connectivity index (χ1) is 13.8. The van der Waals surface area contributed by atoms with Crippen molar-refractivity contribution in [1.82, 2.24) is 4.90 Å². The van der Waals surface area contributed by atoms with Crippen LogP contribution in [0.1, 0.15) is 45.2 Å². The van der Waals surface area contributed by atoms with Crippen LogP contribution in [0.5, 0.6) is 0 Å². The number of nitrogens with zero attached hydrogens (tertiary/aromatic N) is 2. The average Bonchev–Trinajstić information content (AvgIpc) is 3.00. The third-order valence-electron chi connectivity index (χ3n) is 5.13. The van der Waals surface area contributed by atoms with Gasteiger partial charge in [-0.3, -0.25) is 4.79 Å². The standard InChI is InChI=1S/C22H25N3O3S/c1-5-28-22(27)25-7-6-16-18(11-23)21(29-19(16)12-25)24-20(26)10-17-14(3)8-13(2)9-15(17)4/h8-9H,5-7,10,12H2,1-4H3,(H,24,26). The number of thiophene rings is 1. The molecule has 7 heteroatoms. The van der Waals surface area contributed by atoms with Crippen molar-refractivity contribution in [2.75, 3.05) is 18.5 Å². The maximum atomic E-state index is 12.7. The summed E-state index contributed by atoms with van der Waals surface area (Å²) in [5, 5.41) is 13.1. The normalized spacial score (nSPS) is 12.9. The lowest BCUT2D eigenvalue weighted by atomic mass is 9.97. The first kappa shape index (κ1) is 20.9. The lowest BCUT2D eigenvalue weighted by Gasteiger charge is -2.25. The Bertz CT molecular complexity index is 980. The molecule has 1 aromatic heterocycles. The van der Waals surface area contributed by atoms with E-state index in [1.807, 2.05) is 20.8 Å². The molecule has 0 radical (unpaired) electrons. The molecule has 0 aliphatic carbocycles. The molecule has 2 amide bonds. The van der Waals surface area contributed by atoms with Crippen molar-refractivity contribution in [3.63, 3.8) is 0 Å². The van der Waals surface area contributed by atoms with Gasteiger partial charge in [0.05, 0.1) is 25.1 Å². The van der Waals surface area contributed by atoms with Crippen LogP contribution < -0.4 is 5.32 Å². The highest BCUT2D eigenvalue weighted by Gasteiger charge is 2.28. The van der Waals surface area contributed by atoms with Gasteiger partial charge in [-0.25, -0.2) is 4.79 Å². The van der Waals surface area contributed by atoms with Gasteiger partial charge in [0.25, 0.3) is 0 Å². The Morgan fingerprint density at radius 3 is 2.59 bits per heavy atom. The highest BCUT2D eigenvalue weighted by molar-refractivity contribution is 7.16. The Hall–Kier alpha value is -2.85. The van der Waals surface area contributed by atoms with Crippen LogP contribution >= 0.6 is 11.3 Å². The van der Waals surface area contributed by atoms with Crippen molar-refractivity contribution in [2.45, 2.75) is 47.1 Å². The summed E-state index contributed by atoms with van der Waals surface area (Å²) in [6, 6.07) is 6.38. The Balaban J connectivity index is 1.78. The molecule has 0 saturated heterocycles. The molecule has 0 spiro atoms. The van der Waals surface area contributed by atoms with Gasteiger partial charge in [0, 0.05) is 11.4 Å². The summed E-state index contributed by atoms with van der Waals surface area (Å²) in [5.41, 5.74) is 5.81. The fraction of sp³-hybridized carbons (Fsp3) is 0.409. The van der Waals surface area contributed by atoms with Crippen LogP contribution in [0.4, 0.5) is 9.80 Å². The maximum Gasteiger partial charge on any atom is 0.410 e. The summed E-state index contributed by atoms with van der Waals surface area (Å²) < 4.78 is 5.08. The van der Waals surface area contributed by atoms with Gasteiger partial charge in [0.2, 0.25) is 5.91 Å². The summed E-state index contributed by atoms with van der Waals surface area (Å²) in [7, 11) is 0. The first-order valence-electron chi connectivity index (χ1n) is 9.66. The van der Waals surface area contributed by atoms with Crippen LogP contribution in [0.2, 0.25) is 0 Å². The van der Waals surface area contributed by atoms with Crippen molar-refractivity contribution in [3.8, 4) is 6.07 Å². The largest absolute Gasteiger partial charge is 0.450 e. The maximum absolute atomic E-state index is 12.7. The molecule has 3 rings (SSSR count). The van der Waals surface area contributed by atoms with E-state index in [9.17, 15) is 14.9 Å². The van der Waals surface area contributed by atoms with Crippen molar-refractivity contribution >= 4 is 28.3 Å². The van der Waals surface area contributed by atoms with E-state index in [0.717, 1.165) is 27.1 Å². The van der Waals surface area contributed by atoms with E-state index in [1.54, 1.807) is 11.8 Å². The van der Waals surface area contributed by atoms with Crippen LogP contribution in [-0.4, -0.2) is 30.1 Å². The van der Waals surface area contributed by atoms with Crippen LogP contribution in [-0.2, 0) is 28.9 Å². The molecule has 152 valence electrons. The van der Waals surface area contributed by atoms with Gasteiger partial charge < -0.3 is 15.0 Å². The molecular weight excluding hydrogens is 386 g/mol. The third-order valence-corrected chi connectivity index (χ3v) is 6.26. The second kappa shape index (κ2) is 8.66. The Morgan fingerprint density at radius 1 is 1.28 bits per heavy atom. The van der Waals surface area contributed by atoms with Gasteiger partial charge in [-0.1, -0.05) is 17.7 Å². The average molecular weight is 412 g/mol. The summed E-state index contributed by atoms with van der Waals surface area (Å²) >= 11 is 1.37. The first-order valence-corrected chi connectivity index (χ1v) is 10.5. The number of anilines is 1. The molecule has 1 aliphatic rings. The lowest BCUT2D eigenvalue weighted by molar-refractivity contribution is -0.115. The topological polar surface area (TPSA) is 82.4 Å². The number of carbonyl (C=O) groups is 2. The van der Waals surface area contributed by atoms with E-state index < -0.39 is 0 Å². The Labute approximate surface area is 175 Å². The number of amides is 2. The van der Waals surface area contributed by atoms with E-state index in [2.05, 4.69) is 23.5 Å². The monoisotopic (exact) mass is 411 g/mol. The molecular formula is C22H25N3O3S. The Kier molecular flexibility index (Phi) is 6.23. The van der Waals surface area contributed by atoms with E-state index >= 15 is 0 Å². The number of fused-ring (bicyclic) bond motifs is 1. The van der Waals surface area contributed by atoms with Crippen molar-refractivity contribution in [1.29, 1.82) is 5.26 Å². The number of hydrogen-bond acceptors (Lipinski definition) is 5. The van der Waals surface area contributed by atoms with Gasteiger partial charge in [-0.2, -0.15) is 5.26 Å². The molecule has 2 aromatic rings. The molecule has 0 fully saturated rings. The SMILES string of the molecule is CCOC(=O)N1CCc2c(sc(NC(=O)Cc3c(C)cc(C)cc3C)c2C#N)C1. The van der Waals surface area contributed by atoms with Gasteiger partial charge >= 0.3 is 6.09 Å². The lowest BCUT2D eigenvalue weighted by Crippen LogP contribution is -2.35. The molecule has 2 heterocycles. The third kappa shape index (κ3) is 4.43. The molecule has 0 unspecified atom stereocenters. The molecule has 0 bridgehead atoms. The van der Waals surface area contributed by atoms with E-state index in [4.69, 9.17) is 4.74 Å². The number of benzene rings is 1. The van der Waals surface area contributed by atoms with Crippen molar-refractivity contribution in [3.05, 3.63) is 50.4 Å². The quantitative estimate of drug-likeness (QED) is 0.816. The molecule has 1 N–H and O–H groups in total. The minimum Gasteiger partial charge on any atom is -0.450 e. The second-order valence-corrected chi connectivity index (χ2v) is 8.40. The fourth-order valence-electron chi connectivity index (χ4n) is 3.80. The number of rotatable bonds is 4. The molecule has 1 aliphatic heterocycles. The molecule has 0 atom stereocenters. The zero-order valence-electron chi connectivity index (χ0n) is 17.2.